The zero-order valence-electron chi connectivity index (χ0n) is 9.93. The fourth-order valence-electron chi connectivity index (χ4n) is 2.03. The van der Waals surface area contributed by atoms with Gasteiger partial charge in [0, 0.05) is 36.4 Å². The van der Waals surface area contributed by atoms with Crippen molar-refractivity contribution >= 4 is 10.9 Å². The van der Waals surface area contributed by atoms with Gasteiger partial charge in [0.15, 0.2) is 0 Å². The van der Waals surface area contributed by atoms with Crippen molar-refractivity contribution in [1.29, 1.82) is 0 Å². The molecule has 2 heterocycles. The van der Waals surface area contributed by atoms with Gasteiger partial charge in [0.25, 0.3) is 0 Å². The zero-order chi connectivity index (χ0) is 12.2. The molecule has 0 aliphatic heterocycles. The van der Waals surface area contributed by atoms with Crippen molar-refractivity contribution in [2.24, 2.45) is 0 Å². The lowest BCUT2D eigenvalue weighted by Gasteiger charge is -2.03. The molecule has 1 aromatic carbocycles. The number of hydrogen-bond acceptors (Lipinski definition) is 3. The van der Waals surface area contributed by atoms with Gasteiger partial charge in [-0.25, -0.2) is 9.97 Å². The Bertz CT molecular complexity index is 630. The Hall–Kier alpha value is -2.20. The Morgan fingerprint density at radius 3 is 2.94 bits per heavy atom. The molecule has 0 radical (unpaired) electrons. The van der Waals surface area contributed by atoms with E-state index >= 15 is 0 Å². The quantitative estimate of drug-likeness (QED) is 0.733. The summed E-state index contributed by atoms with van der Waals surface area (Å²) in [5.74, 6) is 0. The van der Waals surface area contributed by atoms with Gasteiger partial charge in [-0.1, -0.05) is 18.2 Å². The standard InChI is InChI=1S/C14H14N4/c1-2-4-14-13(3-1)11(8-17-14)7-16-9-12-5-6-15-10-18-12/h1-6,8,10,16-17H,7,9H2. The van der Waals surface area contributed by atoms with E-state index in [2.05, 4.69) is 44.7 Å². The van der Waals surface area contributed by atoms with Crippen LogP contribution in [0, 0.1) is 0 Å². The first-order valence-electron chi connectivity index (χ1n) is 5.94. The van der Waals surface area contributed by atoms with Crippen molar-refractivity contribution < 1.29 is 0 Å². The van der Waals surface area contributed by atoms with Crippen LogP contribution in [0.4, 0.5) is 0 Å². The molecule has 0 bridgehead atoms. The predicted molar refractivity (Wildman–Crippen MR) is 70.9 cm³/mol. The van der Waals surface area contributed by atoms with Gasteiger partial charge in [-0.05, 0) is 17.7 Å². The highest BCUT2D eigenvalue weighted by Crippen LogP contribution is 2.17. The molecule has 0 saturated heterocycles. The maximum atomic E-state index is 4.18. The third-order valence-electron chi connectivity index (χ3n) is 2.94. The maximum absolute atomic E-state index is 4.18. The Kier molecular flexibility index (Phi) is 3.02. The number of aromatic amines is 1. The second-order valence-corrected chi connectivity index (χ2v) is 4.16. The molecule has 2 aromatic heterocycles. The number of para-hydroxylation sites is 1. The minimum Gasteiger partial charge on any atom is -0.361 e. The number of benzene rings is 1. The Morgan fingerprint density at radius 2 is 2.06 bits per heavy atom. The number of nitrogens with zero attached hydrogens (tertiary/aromatic N) is 2. The molecule has 0 aliphatic rings. The average molecular weight is 238 g/mol. The molecular weight excluding hydrogens is 224 g/mol. The molecule has 0 fully saturated rings. The summed E-state index contributed by atoms with van der Waals surface area (Å²) in [5, 5.41) is 4.66. The normalized spacial score (nSPS) is 10.9. The second-order valence-electron chi connectivity index (χ2n) is 4.16. The Balaban J connectivity index is 1.67. The van der Waals surface area contributed by atoms with Crippen LogP contribution in [0.2, 0.25) is 0 Å². The summed E-state index contributed by atoms with van der Waals surface area (Å²) in [7, 11) is 0. The first-order valence-corrected chi connectivity index (χ1v) is 5.94. The van der Waals surface area contributed by atoms with Crippen LogP contribution in [0.5, 0.6) is 0 Å². The molecule has 3 rings (SSSR count). The third kappa shape index (κ3) is 2.24. The van der Waals surface area contributed by atoms with Crippen molar-refractivity contribution in [2.75, 3.05) is 0 Å². The van der Waals surface area contributed by atoms with Gasteiger partial charge in [0.2, 0.25) is 0 Å². The summed E-state index contributed by atoms with van der Waals surface area (Å²) in [4.78, 5) is 11.4. The minimum atomic E-state index is 0.752. The fourth-order valence-corrected chi connectivity index (χ4v) is 2.03. The fraction of sp³-hybridized carbons (Fsp3) is 0.143. The van der Waals surface area contributed by atoms with Gasteiger partial charge in [-0.2, -0.15) is 0 Å². The Morgan fingerprint density at radius 1 is 1.11 bits per heavy atom. The van der Waals surface area contributed by atoms with E-state index in [-0.39, 0.29) is 0 Å². The van der Waals surface area contributed by atoms with E-state index in [0.717, 1.165) is 18.8 Å². The lowest BCUT2D eigenvalue weighted by Crippen LogP contribution is -2.13. The van der Waals surface area contributed by atoms with Crippen LogP contribution in [0.3, 0.4) is 0 Å². The summed E-state index contributed by atoms with van der Waals surface area (Å²) in [6, 6.07) is 10.2. The monoisotopic (exact) mass is 238 g/mol. The SMILES string of the molecule is c1ccc2c(CNCc3ccncn3)c[nH]c2c1. The van der Waals surface area contributed by atoms with E-state index in [1.165, 1.54) is 16.5 Å². The van der Waals surface area contributed by atoms with Gasteiger partial charge >= 0.3 is 0 Å². The summed E-state index contributed by atoms with van der Waals surface area (Å²) in [6.45, 7) is 1.58. The summed E-state index contributed by atoms with van der Waals surface area (Å²) in [6.07, 6.45) is 5.38. The number of rotatable bonds is 4. The Labute approximate surface area is 105 Å². The molecule has 4 heteroatoms. The molecule has 0 unspecified atom stereocenters. The van der Waals surface area contributed by atoms with Crippen LogP contribution < -0.4 is 5.32 Å². The van der Waals surface area contributed by atoms with Crippen molar-refractivity contribution in [1.82, 2.24) is 20.3 Å². The van der Waals surface area contributed by atoms with Gasteiger partial charge in [-0.15, -0.1) is 0 Å². The molecule has 0 amide bonds. The van der Waals surface area contributed by atoms with Crippen molar-refractivity contribution in [2.45, 2.75) is 13.1 Å². The molecule has 2 N–H and O–H groups in total. The molecule has 3 aromatic rings. The summed E-state index contributed by atoms with van der Waals surface area (Å²) < 4.78 is 0. The first kappa shape index (κ1) is 10.9. The highest BCUT2D eigenvalue weighted by Gasteiger charge is 2.02. The molecule has 0 saturated carbocycles. The summed E-state index contributed by atoms with van der Waals surface area (Å²) >= 11 is 0. The lowest BCUT2D eigenvalue weighted by atomic mass is 10.2. The van der Waals surface area contributed by atoms with E-state index in [1.807, 2.05) is 12.1 Å². The third-order valence-corrected chi connectivity index (χ3v) is 2.94. The minimum absolute atomic E-state index is 0.752. The summed E-state index contributed by atoms with van der Waals surface area (Å²) in [5.41, 5.74) is 3.46. The van der Waals surface area contributed by atoms with E-state index in [0.29, 0.717) is 0 Å². The zero-order valence-corrected chi connectivity index (χ0v) is 9.93. The highest BCUT2D eigenvalue weighted by atomic mass is 14.9. The molecule has 18 heavy (non-hydrogen) atoms. The van der Waals surface area contributed by atoms with E-state index in [4.69, 9.17) is 0 Å². The smallest absolute Gasteiger partial charge is 0.115 e. The van der Waals surface area contributed by atoms with Crippen LogP contribution in [-0.2, 0) is 13.1 Å². The van der Waals surface area contributed by atoms with Crippen LogP contribution in [0.25, 0.3) is 10.9 Å². The van der Waals surface area contributed by atoms with E-state index < -0.39 is 0 Å². The topological polar surface area (TPSA) is 53.6 Å². The van der Waals surface area contributed by atoms with Crippen LogP contribution in [-0.4, -0.2) is 15.0 Å². The van der Waals surface area contributed by atoms with Gasteiger partial charge in [-0.3, -0.25) is 0 Å². The van der Waals surface area contributed by atoms with Crippen LogP contribution >= 0.6 is 0 Å². The molecular formula is C14H14N4. The van der Waals surface area contributed by atoms with E-state index in [9.17, 15) is 0 Å². The highest BCUT2D eigenvalue weighted by molar-refractivity contribution is 5.82. The molecule has 4 nitrogen and oxygen atoms in total. The van der Waals surface area contributed by atoms with Crippen molar-refractivity contribution in [3.8, 4) is 0 Å². The largest absolute Gasteiger partial charge is 0.361 e. The molecule has 90 valence electrons. The average Bonchev–Trinajstić information content (AvgIpc) is 2.84. The van der Waals surface area contributed by atoms with Gasteiger partial charge in [0.1, 0.15) is 6.33 Å². The number of hydrogen-bond donors (Lipinski definition) is 2. The number of nitrogens with one attached hydrogen (secondary N) is 2. The maximum Gasteiger partial charge on any atom is 0.115 e. The van der Waals surface area contributed by atoms with Gasteiger partial charge < -0.3 is 10.3 Å². The molecule has 0 atom stereocenters. The van der Waals surface area contributed by atoms with Gasteiger partial charge in [0.05, 0.1) is 5.69 Å². The molecule has 0 spiro atoms. The van der Waals surface area contributed by atoms with Crippen LogP contribution in [0.1, 0.15) is 11.3 Å². The molecule has 0 aliphatic carbocycles. The van der Waals surface area contributed by atoms with E-state index in [1.54, 1.807) is 12.5 Å². The number of aromatic nitrogens is 3. The number of fused-ring (bicyclic) bond motifs is 1. The van der Waals surface area contributed by atoms with Crippen molar-refractivity contribution in [3.63, 3.8) is 0 Å². The lowest BCUT2D eigenvalue weighted by molar-refractivity contribution is 0.680. The van der Waals surface area contributed by atoms with Crippen molar-refractivity contribution in [3.05, 3.63) is 60.3 Å². The number of H-pyrrole nitrogens is 1. The first-order chi connectivity index (χ1) is 8.93. The predicted octanol–water partition coefficient (Wildman–Crippen LogP) is 2.25. The second kappa shape index (κ2) is 4.98. The van der Waals surface area contributed by atoms with Crippen LogP contribution in [0.15, 0.2) is 49.1 Å².